The molecule has 0 radical (unpaired) electrons. The number of nitrogens with one attached hydrogen (secondary N) is 1. The molecule has 0 atom stereocenters. The Balaban J connectivity index is 1.90. The molecule has 0 saturated carbocycles. The normalized spacial score (nSPS) is 11.5. The maximum atomic E-state index is 12.9. The lowest BCUT2D eigenvalue weighted by atomic mass is 10.1. The number of aromatic nitrogens is 1. The minimum absolute atomic E-state index is 0.198. The topological polar surface area (TPSA) is 56.5 Å². The minimum atomic E-state index is -0.539. The van der Waals surface area contributed by atoms with Crippen LogP contribution in [0.2, 0.25) is 0 Å². The summed E-state index contributed by atoms with van der Waals surface area (Å²) in [4.78, 5) is 9.60. The Kier molecular flexibility index (Phi) is 4.95. The van der Waals surface area contributed by atoms with E-state index in [0.717, 1.165) is 0 Å². The van der Waals surface area contributed by atoms with Crippen LogP contribution in [0.15, 0.2) is 47.2 Å². The quantitative estimate of drug-likeness (QED) is 0.794. The van der Waals surface area contributed by atoms with E-state index >= 15 is 0 Å². The number of halogens is 1. The molecule has 0 saturated heterocycles. The Bertz CT molecular complexity index is 635. The van der Waals surface area contributed by atoms with Gasteiger partial charge in [0.25, 0.3) is 0 Å². The number of hydrogen-bond acceptors (Lipinski definition) is 5. The molecule has 0 aliphatic heterocycles. The lowest BCUT2D eigenvalue weighted by Gasteiger charge is -2.25. The van der Waals surface area contributed by atoms with Crippen molar-refractivity contribution < 1.29 is 18.4 Å². The van der Waals surface area contributed by atoms with Crippen LogP contribution >= 0.6 is 0 Å². The molecule has 0 bridgehead atoms. The molecule has 0 aliphatic rings. The van der Waals surface area contributed by atoms with Crippen LogP contribution in [0.25, 0.3) is 11.5 Å². The number of ether oxygens (including phenoxy) is 1. The predicted molar refractivity (Wildman–Crippen MR) is 80.0 cm³/mol. The second-order valence-electron chi connectivity index (χ2n) is 5.23. The van der Waals surface area contributed by atoms with Crippen LogP contribution in [0, 0.1) is 5.82 Å². The molecule has 0 aliphatic carbocycles. The van der Waals surface area contributed by atoms with Gasteiger partial charge in [0.2, 0.25) is 5.89 Å². The van der Waals surface area contributed by atoms with Crippen molar-refractivity contribution in [1.82, 2.24) is 10.5 Å². The smallest absolute Gasteiger partial charge is 0.226 e. The van der Waals surface area contributed by atoms with E-state index in [-0.39, 0.29) is 12.4 Å². The van der Waals surface area contributed by atoms with Gasteiger partial charge >= 0.3 is 0 Å². The molecular weight excluding hydrogens is 287 g/mol. The number of hydrogen-bond donors (Lipinski definition) is 1. The van der Waals surface area contributed by atoms with Gasteiger partial charge in [-0.05, 0) is 38.1 Å². The third-order valence-corrected chi connectivity index (χ3v) is 3.30. The Morgan fingerprint density at radius 3 is 2.68 bits per heavy atom. The van der Waals surface area contributed by atoms with Crippen LogP contribution < -0.4 is 5.48 Å². The summed E-state index contributed by atoms with van der Waals surface area (Å²) in [5, 5.41) is 0. The van der Waals surface area contributed by atoms with Crippen molar-refractivity contribution in [1.29, 1.82) is 0 Å². The summed E-state index contributed by atoms with van der Waals surface area (Å²) in [6.45, 7) is 7.79. The zero-order valence-corrected chi connectivity index (χ0v) is 12.9. The zero-order valence-electron chi connectivity index (χ0n) is 12.9. The monoisotopic (exact) mass is 306 g/mol. The van der Waals surface area contributed by atoms with Crippen LogP contribution in [0.4, 0.5) is 4.39 Å². The summed E-state index contributed by atoms with van der Waals surface area (Å²) >= 11 is 0. The van der Waals surface area contributed by atoms with Crippen molar-refractivity contribution in [3.63, 3.8) is 0 Å². The van der Waals surface area contributed by atoms with Crippen molar-refractivity contribution in [2.75, 3.05) is 7.11 Å². The summed E-state index contributed by atoms with van der Waals surface area (Å²) in [6.07, 6.45) is 1.49. The summed E-state index contributed by atoms with van der Waals surface area (Å²) in [5.41, 5.74) is 4.09. The number of benzene rings is 1. The Morgan fingerprint density at radius 2 is 2.05 bits per heavy atom. The van der Waals surface area contributed by atoms with Crippen molar-refractivity contribution in [3.05, 3.63) is 54.3 Å². The molecule has 0 amide bonds. The zero-order chi connectivity index (χ0) is 16.2. The molecule has 0 spiro atoms. The van der Waals surface area contributed by atoms with Gasteiger partial charge < -0.3 is 9.15 Å². The van der Waals surface area contributed by atoms with E-state index in [1.165, 1.54) is 18.4 Å². The summed E-state index contributed by atoms with van der Waals surface area (Å²) in [7, 11) is 1.60. The molecule has 2 rings (SSSR count). The number of hydroxylamine groups is 1. The second kappa shape index (κ2) is 6.72. The van der Waals surface area contributed by atoms with E-state index in [1.54, 1.807) is 19.2 Å². The van der Waals surface area contributed by atoms with Gasteiger partial charge in [-0.1, -0.05) is 6.58 Å². The second-order valence-corrected chi connectivity index (χ2v) is 5.23. The first kappa shape index (κ1) is 16.2. The van der Waals surface area contributed by atoms with Crippen molar-refractivity contribution >= 4 is 0 Å². The number of methoxy groups -OCH3 is 1. The lowest BCUT2D eigenvalue weighted by Crippen LogP contribution is -2.33. The molecule has 1 N–H and O–H groups in total. The average Bonchev–Trinajstić information content (AvgIpc) is 2.96. The third kappa shape index (κ3) is 3.93. The van der Waals surface area contributed by atoms with Gasteiger partial charge in [0, 0.05) is 12.7 Å². The molecule has 5 nitrogen and oxygen atoms in total. The van der Waals surface area contributed by atoms with Gasteiger partial charge in [-0.15, -0.1) is 0 Å². The molecule has 6 heteroatoms. The fraction of sp³-hybridized carbons (Fsp3) is 0.312. The molecule has 1 aromatic heterocycles. The number of oxazole rings is 1. The highest BCUT2D eigenvalue weighted by Gasteiger charge is 2.21. The summed E-state index contributed by atoms with van der Waals surface area (Å²) < 4.78 is 23.5. The summed E-state index contributed by atoms with van der Waals surface area (Å²) in [5.74, 6) is 0.108. The Morgan fingerprint density at radius 1 is 1.36 bits per heavy atom. The molecule has 2 aromatic rings. The van der Waals surface area contributed by atoms with Crippen LogP contribution in [0.1, 0.15) is 19.5 Å². The van der Waals surface area contributed by atoms with Crippen LogP contribution in [0.5, 0.6) is 0 Å². The maximum Gasteiger partial charge on any atom is 0.226 e. The van der Waals surface area contributed by atoms with Crippen LogP contribution in [-0.4, -0.2) is 17.7 Å². The minimum Gasteiger partial charge on any atom is -0.444 e. The third-order valence-electron chi connectivity index (χ3n) is 3.30. The average molecular weight is 306 g/mol. The first-order valence-corrected chi connectivity index (χ1v) is 6.75. The molecule has 0 fully saturated rings. The van der Waals surface area contributed by atoms with E-state index < -0.39 is 5.60 Å². The van der Waals surface area contributed by atoms with Gasteiger partial charge in [0.05, 0.1) is 5.70 Å². The Hall–Kier alpha value is -2.18. The van der Waals surface area contributed by atoms with Gasteiger partial charge in [0.15, 0.2) is 0 Å². The highest BCUT2D eigenvalue weighted by Crippen LogP contribution is 2.19. The fourth-order valence-electron chi connectivity index (χ4n) is 1.54. The van der Waals surface area contributed by atoms with E-state index in [1.807, 2.05) is 13.8 Å². The number of nitrogens with zero attached hydrogens (tertiary/aromatic N) is 1. The lowest BCUT2D eigenvalue weighted by molar-refractivity contribution is -0.00916. The first-order valence-electron chi connectivity index (χ1n) is 6.75. The first-order chi connectivity index (χ1) is 10.4. The highest BCUT2D eigenvalue weighted by molar-refractivity contribution is 5.52. The van der Waals surface area contributed by atoms with Gasteiger partial charge in [0.1, 0.15) is 30.0 Å². The van der Waals surface area contributed by atoms with Crippen molar-refractivity contribution in [2.24, 2.45) is 0 Å². The summed E-state index contributed by atoms with van der Waals surface area (Å²) in [6, 6.07) is 5.92. The van der Waals surface area contributed by atoms with E-state index in [4.69, 9.17) is 14.0 Å². The van der Waals surface area contributed by atoms with Crippen LogP contribution in [-0.2, 0) is 16.2 Å². The number of rotatable bonds is 7. The maximum absolute atomic E-state index is 12.9. The highest BCUT2D eigenvalue weighted by atomic mass is 19.1. The SMILES string of the molecule is C=C(NOCc1coc(-c2ccc(F)cc2)n1)C(C)(C)OC. The fourth-order valence-corrected chi connectivity index (χ4v) is 1.54. The molecule has 1 heterocycles. The van der Waals surface area contributed by atoms with Gasteiger partial charge in [-0.25, -0.2) is 9.37 Å². The van der Waals surface area contributed by atoms with E-state index in [0.29, 0.717) is 22.8 Å². The molecule has 1 aromatic carbocycles. The van der Waals surface area contributed by atoms with Gasteiger partial charge in [-0.3, -0.25) is 10.3 Å². The standard InChI is InChI=1S/C16H19FN2O3/c1-11(16(2,3)20-4)19-22-10-14-9-21-15(18-14)12-5-7-13(17)8-6-12/h5-9,19H,1,10H2,2-4H3. The predicted octanol–water partition coefficient (Wildman–Crippen LogP) is 3.44. The van der Waals surface area contributed by atoms with Crippen molar-refractivity contribution in [3.8, 4) is 11.5 Å². The van der Waals surface area contributed by atoms with Crippen LogP contribution in [0.3, 0.4) is 0 Å². The van der Waals surface area contributed by atoms with Crippen molar-refractivity contribution in [2.45, 2.75) is 26.1 Å². The molecule has 22 heavy (non-hydrogen) atoms. The van der Waals surface area contributed by atoms with E-state index in [2.05, 4.69) is 17.0 Å². The van der Waals surface area contributed by atoms with E-state index in [9.17, 15) is 4.39 Å². The molecule has 118 valence electrons. The Labute approximate surface area is 128 Å². The van der Waals surface area contributed by atoms with Gasteiger partial charge in [-0.2, -0.15) is 0 Å². The molecule has 0 unspecified atom stereocenters. The molecular formula is C16H19FN2O3. The largest absolute Gasteiger partial charge is 0.444 e.